The lowest BCUT2D eigenvalue weighted by Crippen LogP contribution is -2.28. The second-order valence-electron chi connectivity index (χ2n) is 6.86. The minimum atomic E-state index is -0.0284. The molecular formula is C20H17N5O. The number of piperidine rings is 1. The van der Waals surface area contributed by atoms with Crippen LogP contribution >= 0.6 is 0 Å². The van der Waals surface area contributed by atoms with Crippen molar-refractivity contribution in [1.82, 2.24) is 25.0 Å². The lowest BCUT2D eigenvalue weighted by atomic mass is 10.2. The highest BCUT2D eigenvalue weighted by atomic mass is 16.5. The second kappa shape index (κ2) is 5.75. The summed E-state index contributed by atoms with van der Waals surface area (Å²) in [6.45, 7) is 1.09. The molecule has 5 rings (SSSR count). The van der Waals surface area contributed by atoms with Crippen LogP contribution in [-0.2, 0) is 5.54 Å². The number of rotatable bonds is 2. The fourth-order valence-corrected chi connectivity index (χ4v) is 3.78. The lowest BCUT2D eigenvalue weighted by molar-refractivity contribution is 0.202. The van der Waals surface area contributed by atoms with Crippen molar-refractivity contribution < 1.29 is 4.52 Å². The van der Waals surface area contributed by atoms with Gasteiger partial charge < -0.3 is 4.52 Å². The highest BCUT2D eigenvalue weighted by molar-refractivity contribution is 5.51. The van der Waals surface area contributed by atoms with Gasteiger partial charge in [-0.1, -0.05) is 17.1 Å². The summed E-state index contributed by atoms with van der Waals surface area (Å²) in [6.07, 6.45) is 5.77. The molecule has 2 aliphatic rings. The molecule has 128 valence electrons. The van der Waals surface area contributed by atoms with E-state index in [1.54, 1.807) is 12.4 Å². The van der Waals surface area contributed by atoms with Gasteiger partial charge in [0.15, 0.2) is 0 Å². The maximum absolute atomic E-state index is 5.57. The first-order valence-corrected chi connectivity index (χ1v) is 8.70. The monoisotopic (exact) mass is 343 g/mol. The van der Waals surface area contributed by atoms with Crippen molar-refractivity contribution in [3.8, 4) is 23.4 Å². The van der Waals surface area contributed by atoms with Crippen molar-refractivity contribution >= 4 is 0 Å². The van der Waals surface area contributed by atoms with E-state index in [9.17, 15) is 0 Å². The number of hydrogen-bond acceptors (Lipinski definition) is 6. The van der Waals surface area contributed by atoms with Crippen LogP contribution in [-0.4, -0.2) is 38.6 Å². The summed E-state index contributed by atoms with van der Waals surface area (Å²) < 4.78 is 5.57. The number of fused-ring (bicyclic) bond motifs is 1. The van der Waals surface area contributed by atoms with Gasteiger partial charge in [0.2, 0.25) is 11.7 Å². The number of pyridine rings is 2. The van der Waals surface area contributed by atoms with Crippen LogP contribution in [0.1, 0.15) is 30.0 Å². The topological polar surface area (TPSA) is 67.9 Å². The van der Waals surface area contributed by atoms with Crippen LogP contribution in [0.2, 0.25) is 0 Å². The van der Waals surface area contributed by atoms with Crippen LogP contribution in [0, 0.1) is 17.8 Å². The van der Waals surface area contributed by atoms with Gasteiger partial charge in [0.25, 0.3) is 0 Å². The molecule has 0 N–H and O–H groups in total. The Morgan fingerprint density at radius 1 is 1.19 bits per heavy atom. The molecule has 0 aromatic carbocycles. The van der Waals surface area contributed by atoms with Gasteiger partial charge in [0.05, 0.1) is 0 Å². The molecule has 3 aromatic rings. The van der Waals surface area contributed by atoms with Crippen molar-refractivity contribution in [2.45, 2.75) is 18.4 Å². The van der Waals surface area contributed by atoms with Crippen molar-refractivity contribution in [1.29, 1.82) is 0 Å². The molecular weight excluding hydrogens is 326 g/mol. The summed E-state index contributed by atoms with van der Waals surface area (Å²) in [5, 5.41) is 4.14. The molecule has 1 aliphatic carbocycles. The van der Waals surface area contributed by atoms with Crippen LogP contribution in [0.5, 0.6) is 0 Å². The zero-order valence-corrected chi connectivity index (χ0v) is 14.4. The Hall–Kier alpha value is -3.04. The maximum atomic E-state index is 5.57. The molecule has 6 heteroatoms. The third kappa shape index (κ3) is 2.40. The van der Waals surface area contributed by atoms with E-state index < -0.39 is 0 Å². The zero-order chi connectivity index (χ0) is 17.6. The van der Waals surface area contributed by atoms with Gasteiger partial charge >= 0.3 is 0 Å². The summed E-state index contributed by atoms with van der Waals surface area (Å²) in [5.41, 5.74) is 2.22. The van der Waals surface area contributed by atoms with Crippen molar-refractivity contribution in [2.24, 2.45) is 5.92 Å². The van der Waals surface area contributed by atoms with Crippen molar-refractivity contribution in [3.63, 3.8) is 0 Å². The molecule has 1 aliphatic heterocycles. The van der Waals surface area contributed by atoms with E-state index in [0.717, 1.165) is 30.1 Å². The van der Waals surface area contributed by atoms with Gasteiger partial charge in [0, 0.05) is 18.0 Å². The van der Waals surface area contributed by atoms with Crippen molar-refractivity contribution in [2.75, 3.05) is 13.6 Å². The predicted octanol–water partition coefficient (Wildman–Crippen LogP) is 2.48. The predicted molar refractivity (Wildman–Crippen MR) is 94.8 cm³/mol. The Balaban J connectivity index is 1.37. The largest absolute Gasteiger partial charge is 0.337 e. The molecule has 0 radical (unpaired) electrons. The normalized spacial score (nSPS) is 24.0. The van der Waals surface area contributed by atoms with E-state index in [4.69, 9.17) is 4.52 Å². The maximum Gasteiger partial charge on any atom is 0.247 e. The van der Waals surface area contributed by atoms with Gasteiger partial charge in [-0.15, -0.1) is 0 Å². The first-order chi connectivity index (χ1) is 12.8. The molecule has 0 bridgehead atoms. The Morgan fingerprint density at radius 3 is 2.85 bits per heavy atom. The van der Waals surface area contributed by atoms with Gasteiger partial charge in [-0.3, -0.25) is 9.88 Å². The van der Waals surface area contributed by atoms with Crippen LogP contribution in [0.25, 0.3) is 11.5 Å². The highest BCUT2D eigenvalue weighted by Gasteiger charge is 2.65. The van der Waals surface area contributed by atoms with Gasteiger partial charge in [-0.2, -0.15) is 4.98 Å². The van der Waals surface area contributed by atoms with Crippen LogP contribution in [0.3, 0.4) is 0 Å². The fourth-order valence-electron chi connectivity index (χ4n) is 3.78. The quantitative estimate of drug-likeness (QED) is 0.666. The van der Waals surface area contributed by atoms with E-state index in [1.807, 2.05) is 30.3 Å². The smallest absolute Gasteiger partial charge is 0.247 e. The second-order valence-corrected chi connectivity index (χ2v) is 6.86. The highest BCUT2D eigenvalue weighted by Crippen LogP contribution is 2.61. The zero-order valence-electron chi connectivity index (χ0n) is 14.4. The Morgan fingerprint density at radius 2 is 2.15 bits per heavy atom. The fraction of sp³-hybridized carbons (Fsp3) is 0.300. The average Bonchev–Trinajstić information content (AvgIpc) is 3.05. The number of nitrogens with zero attached hydrogens (tertiary/aromatic N) is 5. The summed E-state index contributed by atoms with van der Waals surface area (Å²) in [5.74, 6) is 7.99. The lowest BCUT2D eigenvalue weighted by Gasteiger charge is -2.19. The first-order valence-electron chi connectivity index (χ1n) is 8.70. The third-order valence-corrected chi connectivity index (χ3v) is 5.36. The summed E-state index contributed by atoms with van der Waals surface area (Å²) in [7, 11) is 2.13. The van der Waals surface area contributed by atoms with Gasteiger partial charge in [0.1, 0.15) is 16.9 Å². The summed E-state index contributed by atoms with van der Waals surface area (Å²) in [4.78, 5) is 15.6. The SMILES string of the molecule is CN1CC[C@@H]2C[C@]21c1nc(-c2ccc(C#Cc3ccccn3)cn2)no1. The molecule has 2 atom stereocenters. The Labute approximate surface area is 151 Å². The molecule has 6 nitrogen and oxygen atoms in total. The molecule has 4 heterocycles. The molecule has 3 aromatic heterocycles. The minimum Gasteiger partial charge on any atom is -0.337 e. The third-order valence-electron chi connectivity index (χ3n) is 5.36. The van der Waals surface area contributed by atoms with Gasteiger partial charge in [-0.05, 0) is 62.5 Å². The van der Waals surface area contributed by atoms with Crippen molar-refractivity contribution in [3.05, 3.63) is 59.9 Å². The Kier molecular flexibility index (Phi) is 3.37. The van der Waals surface area contributed by atoms with Crippen LogP contribution in [0.15, 0.2) is 47.2 Å². The van der Waals surface area contributed by atoms with E-state index in [2.05, 4.69) is 43.9 Å². The first kappa shape index (κ1) is 15.2. The average molecular weight is 343 g/mol. The van der Waals surface area contributed by atoms with E-state index in [1.165, 1.54) is 6.42 Å². The molecule has 0 spiro atoms. The standard InChI is InChI=1S/C20H17N5O/c1-25-11-9-15-12-20(15,25)19-23-18(24-26-19)17-8-6-14(13-22-17)5-7-16-4-2-3-10-21-16/h2-4,6,8,10,13,15H,9,11-12H2,1H3/t15-,20-/m1/s1. The number of aromatic nitrogens is 4. The van der Waals surface area contributed by atoms with Crippen LogP contribution in [0.4, 0.5) is 0 Å². The number of hydrogen-bond donors (Lipinski definition) is 0. The van der Waals surface area contributed by atoms with E-state index >= 15 is 0 Å². The summed E-state index contributed by atoms with van der Waals surface area (Å²) in [6, 6.07) is 9.44. The van der Waals surface area contributed by atoms with E-state index in [0.29, 0.717) is 17.4 Å². The molecule has 1 saturated heterocycles. The summed E-state index contributed by atoms with van der Waals surface area (Å²) >= 11 is 0. The van der Waals surface area contributed by atoms with Crippen LogP contribution < -0.4 is 0 Å². The number of likely N-dealkylation sites (tertiary alicyclic amines) is 1. The molecule has 2 fully saturated rings. The molecule has 1 saturated carbocycles. The Bertz CT molecular complexity index is 1000. The minimum absolute atomic E-state index is 0.0284. The molecule has 0 unspecified atom stereocenters. The van der Waals surface area contributed by atoms with E-state index in [-0.39, 0.29) is 5.54 Å². The van der Waals surface area contributed by atoms with Gasteiger partial charge in [-0.25, -0.2) is 4.98 Å². The molecule has 0 amide bonds. The molecule has 26 heavy (non-hydrogen) atoms.